The molecule has 1 atom stereocenters. The zero-order valence-corrected chi connectivity index (χ0v) is 19.2. The van der Waals surface area contributed by atoms with Crippen molar-refractivity contribution in [2.75, 3.05) is 25.5 Å². The summed E-state index contributed by atoms with van der Waals surface area (Å²) >= 11 is 0. The molecular formula is C26H40N2O. The SMILES string of the molecule is CC(C)CC[C@H](CCNCc1ccc(N(C)C)cc1)c1ccc(OC(C)C)cc1. The minimum atomic E-state index is 0.216. The molecule has 0 aliphatic heterocycles. The van der Waals surface area contributed by atoms with Gasteiger partial charge in [-0.1, -0.05) is 44.5 Å². The minimum Gasteiger partial charge on any atom is -0.491 e. The average Bonchev–Trinajstić information content (AvgIpc) is 2.68. The number of benzene rings is 2. The summed E-state index contributed by atoms with van der Waals surface area (Å²) in [4.78, 5) is 2.13. The van der Waals surface area contributed by atoms with E-state index in [-0.39, 0.29) is 6.10 Å². The van der Waals surface area contributed by atoms with Crippen molar-refractivity contribution in [3.05, 3.63) is 59.7 Å². The summed E-state index contributed by atoms with van der Waals surface area (Å²) in [7, 11) is 4.15. The lowest BCUT2D eigenvalue weighted by Crippen LogP contribution is -2.18. The average molecular weight is 397 g/mol. The Morgan fingerprint density at radius 1 is 0.828 bits per heavy atom. The third-order valence-electron chi connectivity index (χ3n) is 5.27. The molecule has 160 valence electrons. The smallest absolute Gasteiger partial charge is 0.119 e. The molecule has 0 saturated heterocycles. The first-order chi connectivity index (χ1) is 13.8. The molecule has 0 unspecified atom stereocenters. The van der Waals surface area contributed by atoms with Crippen molar-refractivity contribution in [2.45, 2.75) is 65.5 Å². The molecule has 0 radical (unpaired) electrons. The first-order valence-electron chi connectivity index (χ1n) is 11.1. The van der Waals surface area contributed by atoms with Gasteiger partial charge in [0.2, 0.25) is 0 Å². The molecule has 3 nitrogen and oxygen atoms in total. The highest BCUT2D eigenvalue weighted by atomic mass is 16.5. The second-order valence-corrected chi connectivity index (χ2v) is 8.93. The fourth-order valence-electron chi connectivity index (χ4n) is 3.52. The predicted octanol–water partition coefficient (Wildman–Crippen LogP) is 6.24. The molecule has 0 saturated carbocycles. The molecule has 0 spiro atoms. The highest BCUT2D eigenvalue weighted by Gasteiger charge is 2.13. The van der Waals surface area contributed by atoms with Gasteiger partial charge in [0.15, 0.2) is 0 Å². The molecule has 1 N–H and O–H groups in total. The maximum atomic E-state index is 5.80. The summed E-state index contributed by atoms with van der Waals surface area (Å²) in [6.07, 6.45) is 3.88. The Balaban J connectivity index is 1.89. The van der Waals surface area contributed by atoms with E-state index < -0.39 is 0 Å². The summed E-state index contributed by atoms with van der Waals surface area (Å²) in [6.45, 7) is 10.7. The summed E-state index contributed by atoms with van der Waals surface area (Å²) < 4.78 is 5.80. The Bertz CT molecular complexity index is 690. The number of rotatable bonds is 12. The van der Waals surface area contributed by atoms with Crippen LogP contribution in [0.5, 0.6) is 5.75 Å². The molecule has 0 aliphatic carbocycles. The topological polar surface area (TPSA) is 24.5 Å². The fraction of sp³-hybridized carbons (Fsp3) is 0.538. The van der Waals surface area contributed by atoms with E-state index in [9.17, 15) is 0 Å². The van der Waals surface area contributed by atoms with E-state index in [1.54, 1.807) is 0 Å². The number of nitrogens with one attached hydrogen (secondary N) is 1. The molecule has 0 aromatic heterocycles. The maximum Gasteiger partial charge on any atom is 0.119 e. The Morgan fingerprint density at radius 3 is 2.03 bits per heavy atom. The van der Waals surface area contributed by atoms with Gasteiger partial charge in [0, 0.05) is 26.3 Å². The van der Waals surface area contributed by atoms with Crippen LogP contribution >= 0.6 is 0 Å². The number of hydrogen-bond acceptors (Lipinski definition) is 3. The van der Waals surface area contributed by atoms with Gasteiger partial charge in [-0.15, -0.1) is 0 Å². The van der Waals surface area contributed by atoms with Crippen LogP contribution < -0.4 is 15.0 Å². The van der Waals surface area contributed by atoms with Crippen molar-refractivity contribution in [3.8, 4) is 5.75 Å². The number of anilines is 1. The lowest BCUT2D eigenvalue weighted by Gasteiger charge is -2.20. The van der Waals surface area contributed by atoms with E-state index in [0.29, 0.717) is 5.92 Å². The molecule has 3 heteroatoms. The van der Waals surface area contributed by atoms with Gasteiger partial charge in [-0.25, -0.2) is 0 Å². The van der Waals surface area contributed by atoms with Crippen LogP contribution in [-0.4, -0.2) is 26.7 Å². The summed E-state index contributed by atoms with van der Waals surface area (Å²) in [5.41, 5.74) is 4.01. The highest BCUT2D eigenvalue weighted by Crippen LogP contribution is 2.28. The van der Waals surface area contributed by atoms with Crippen molar-refractivity contribution in [3.63, 3.8) is 0 Å². The van der Waals surface area contributed by atoms with Crippen LogP contribution in [0.3, 0.4) is 0 Å². The first kappa shape index (κ1) is 23.3. The minimum absolute atomic E-state index is 0.216. The van der Waals surface area contributed by atoms with Gasteiger partial charge in [0.25, 0.3) is 0 Å². The van der Waals surface area contributed by atoms with Crippen molar-refractivity contribution >= 4 is 5.69 Å². The number of ether oxygens (including phenoxy) is 1. The van der Waals surface area contributed by atoms with Crippen molar-refractivity contribution in [2.24, 2.45) is 5.92 Å². The van der Waals surface area contributed by atoms with E-state index in [0.717, 1.165) is 31.2 Å². The molecule has 2 aromatic rings. The van der Waals surface area contributed by atoms with Gasteiger partial charge in [-0.05, 0) is 80.5 Å². The number of nitrogens with zero attached hydrogens (tertiary/aromatic N) is 1. The van der Waals surface area contributed by atoms with Crippen LogP contribution in [0.4, 0.5) is 5.69 Å². The second-order valence-electron chi connectivity index (χ2n) is 8.93. The zero-order valence-electron chi connectivity index (χ0n) is 19.2. The van der Waals surface area contributed by atoms with Crippen LogP contribution in [0.2, 0.25) is 0 Å². The molecule has 0 fully saturated rings. The lowest BCUT2D eigenvalue weighted by atomic mass is 9.88. The van der Waals surface area contributed by atoms with E-state index >= 15 is 0 Å². The molecule has 0 heterocycles. The molecule has 29 heavy (non-hydrogen) atoms. The molecule has 0 bridgehead atoms. The van der Waals surface area contributed by atoms with Gasteiger partial charge in [0.1, 0.15) is 5.75 Å². The largest absolute Gasteiger partial charge is 0.491 e. The Morgan fingerprint density at radius 2 is 1.48 bits per heavy atom. The first-order valence-corrected chi connectivity index (χ1v) is 11.1. The standard InChI is InChI=1S/C26H40N2O/c1-20(2)7-10-24(23-11-15-26(16-12-23)29-21(3)4)17-18-27-19-22-8-13-25(14-9-22)28(5)6/h8-9,11-16,20-21,24,27H,7,10,17-19H2,1-6H3/t24-/m1/s1. The quantitative estimate of drug-likeness (QED) is 0.430. The highest BCUT2D eigenvalue weighted by molar-refractivity contribution is 5.45. The van der Waals surface area contributed by atoms with Crippen LogP contribution in [0.25, 0.3) is 0 Å². The van der Waals surface area contributed by atoms with E-state index in [1.165, 1.54) is 29.7 Å². The molecule has 0 aliphatic rings. The zero-order chi connectivity index (χ0) is 21.2. The van der Waals surface area contributed by atoms with Crippen molar-refractivity contribution in [1.82, 2.24) is 5.32 Å². The Kier molecular flexibility index (Phi) is 9.53. The summed E-state index contributed by atoms with van der Waals surface area (Å²) in [6, 6.07) is 17.5. The van der Waals surface area contributed by atoms with Gasteiger partial charge in [-0.3, -0.25) is 0 Å². The van der Waals surface area contributed by atoms with Crippen LogP contribution in [-0.2, 0) is 6.54 Å². The van der Waals surface area contributed by atoms with Crippen LogP contribution in [0, 0.1) is 5.92 Å². The lowest BCUT2D eigenvalue weighted by molar-refractivity contribution is 0.242. The summed E-state index contributed by atoms with van der Waals surface area (Å²) in [5, 5.41) is 3.64. The van der Waals surface area contributed by atoms with Crippen molar-refractivity contribution in [1.29, 1.82) is 0 Å². The van der Waals surface area contributed by atoms with Gasteiger partial charge in [-0.2, -0.15) is 0 Å². The molecule has 0 amide bonds. The van der Waals surface area contributed by atoms with E-state index in [4.69, 9.17) is 4.74 Å². The predicted molar refractivity (Wildman–Crippen MR) is 126 cm³/mol. The maximum absolute atomic E-state index is 5.80. The Hall–Kier alpha value is -2.00. The van der Waals surface area contributed by atoms with Crippen molar-refractivity contribution < 1.29 is 4.74 Å². The molecular weight excluding hydrogens is 356 g/mol. The monoisotopic (exact) mass is 396 g/mol. The van der Waals surface area contributed by atoms with Gasteiger partial charge >= 0.3 is 0 Å². The summed E-state index contributed by atoms with van der Waals surface area (Å²) in [5.74, 6) is 2.30. The third kappa shape index (κ3) is 8.49. The van der Waals surface area contributed by atoms with Crippen LogP contribution in [0.1, 0.15) is 64.0 Å². The van der Waals surface area contributed by atoms with Gasteiger partial charge in [0.05, 0.1) is 6.10 Å². The Labute approximate surface area is 178 Å². The van der Waals surface area contributed by atoms with E-state index in [2.05, 4.69) is 101 Å². The van der Waals surface area contributed by atoms with Crippen LogP contribution in [0.15, 0.2) is 48.5 Å². The normalized spacial score (nSPS) is 12.4. The van der Waals surface area contributed by atoms with E-state index in [1.807, 2.05) is 0 Å². The second kappa shape index (κ2) is 11.9. The fourth-order valence-corrected chi connectivity index (χ4v) is 3.52. The van der Waals surface area contributed by atoms with Gasteiger partial charge < -0.3 is 15.0 Å². The molecule has 2 rings (SSSR count). The third-order valence-corrected chi connectivity index (χ3v) is 5.27. The molecule has 2 aromatic carbocycles. The number of hydrogen-bond donors (Lipinski definition) is 1.